The summed E-state index contributed by atoms with van der Waals surface area (Å²) in [7, 11) is 0. The van der Waals surface area contributed by atoms with Crippen LogP contribution in [0.4, 0.5) is 0 Å². The molecule has 31 heavy (non-hydrogen) atoms. The highest BCUT2D eigenvalue weighted by molar-refractivity contribution is 9.10. The highest BCUT2D eigenvalue weighted by atomic mass is 79.9. The summed E-state index contributed by atoms with van der Waals surface area (Å²) in [6.07, 6.45) is -1.01. The van der Waals surface area contributed by atoms with Gasteiger partial charge >= 0.3 is 0 Å². The molecule has 0 aliphatic carbocycles. The Labute approximate surface area is 193 Å². The van der Waals surface area contributed by atoms with Crippen molar-refractivity contribution < 1.29 is 23.7 Å². The summed E-state index contributed by atoms with van der Waals surface area (Å²) in [4.78, 5) is 13.3. The van der Waals surface area contributed by atoms with Crippen molar-refractivity contribution in [2.24, 2.45) is 0 Å². The monoisotopic (exact) mass is 500 g/mol. The number of carbonyl (C=O) groups excluding carboxylic acids is 1. The van der Waals surface area contributed by atoms with E-state index in [0.717, 1.165) is 26.9 Å². The fourth-order valence-electron chi connectivity index (χ4n) is 3.68. The lowest BCUT2D eigenvalue weighted by molar-refractivity contribution is -0.0173. The van der Waals surface area contributed by atoms with Gasteiger partial charge < -0.3 is 18.9 Å². The standard InChI is InChI=1S/C24H18BrClO5/c25-16-8-15-12-28-13-30-22(15)19(9-16)23-24(31-23)21(27)18-10-17(26)6-7-20(18)29-11-14-4-2-1-3-5-14/h1-10,23-24H,11-13H2/t23-,24-/m1/s1. The molecule has 158 valence electrons. The van der Waals surface area contributed by atoms with Gasteiger partial charge in [0.05, 0.1) is 12.2 Å². The summed E-state index contributed by atoms with van der Waals surface area (Å²) in [5.74, 6) is 1.03. The third-order valence-electron chi connectivity index (χ3n) is 5.20. The van der Waals surface area contributed by atoms with E-state index < -0.39 is 12.2 Å². The molecule has 1 fully saturated rings. The van der Waals surface area contributed by atoms with Crippen LogP contribution >= 0.6 is 27.5 Å². The lowest BCUT2D eigenvalue weighted by Gasteiger charge is -2.20. The van der Waals surface area contributed by atoms with Crippen LogP contribution < -0.4 is 9.47 Å². The second kappa shape index (κ2) is 8.63. The van der Waals surface area contributed by atoms with Crippen molar-refractivity contribution in [1.82, 2.24) is 0 Å². The zero-order valence-corrected chi connectivity index (χ0v) is 18.7. The van der Waals surface area contributed by atoms with Crippen molar-refractivity contribution in [2.75, 3.05) is 6.79 Å². The lowest BCUT2D eigenvalue weighted by Crippen LogP contribution is -2.14. The minimum atomic E-state index is -0.623. The summed E-state index contributed by atoms with van der Waals surface area (Å²) < 4.78 is 23.7. The average molecular weight is 502 g/mol. The van der Waals surface area contributed by atoms with Crippen molar-refractivity contribution in [1.29, 1.82) is 0 Å². The molecular weight excluding hydrogens is 484 g/mol. The fourth-order valence-corrected chi connectivity index (χ4v) is 4.37. The SMILES string of the molecule is O=C(c1cc(Cl)ccc1OCc1ccccc1)[C@H]1O[C@@H]1c1cc(Br)cc2c1OCOC2. The molecule has 2 aliphatic rings. The zero-order valence-electron chi connectivity index (χ0n) is 16.3. The van der Waals surface area contributed by atoms with Crippen LogP contribution in [0.15, 0.2) is 65.1 Å². The molecule has 7 heteroatoms. The summed E-state index contributed by atoms with van der Waals surface area (Å²) in [6.45, 7) is 0.988. The Kier molecular flexibility index (Phi) is 5.71. The Morgan fingerprint density at radius 3 is 2.81 bits per heavy atom. The van der Waals surface area contributed by atoms with Crippen LogP contribution in [0.5, 0.6) is 11.5 Å². The third kappa shape index (κ3) is 4.34. The molecule has 0 saturated carbocycles. The molecule has 2 aliphatic heterocycles. The van der Waals surface area contributed by atoms with Gasteiger partial charge in [-0.3, -0.25) is 4.79 Å². The van der Waals surface area contributed by atoms with E-state index in [1.807, 2.05) is 42.5 Å². The van der Waals surface area contributed by atoms with Crippen molar-refractivity contribution >= 4 is 33.3 Å². The van der Waals surface area contributed by atoms with Crippen LogP contribution in [0.2, 0.25) is 5.02 Å². The number of rotatable bonds is 6. The van der Waals surface area contributed by atoms with Gasteiger partial charge in [-0.05, 0) is 35.9 Å². The van der Waals surface area contributed by atoms with E-state index in [0.29, 0.717) is 29.5 Å². The molecule has 1 saturated heterocycles. The molecule has 3 aromatic rings. The van der Waals surface area contributed by atoms with E-state index in [2.05, 4.69) is 15.9 Å². The Morgan fingerprint density at radius 2 is 1.97 bits per heavy atom. The number of benzene rings is 3. The van der Waals surface area contributed by atoms with Gasteiger partial charge in [-0.2, -0.15) is 0 Å². The number of ketones is 1. The minimum absolute atomic E-state index is 0.170. The third-order valence-corrected chi connectivity index (χ3v) is 5.90. The number of halogens is 2. The topological polar surface area (TPSA) is 57.3 Å². The van der Waals surface area contributed by atoms with Gasteiger partial charge in [-0.1, -0.05) is 57.9 Å². The molecule has 0 aromatic heterocycles. The number of epoxide rings is 1. The summed E-state index contributed by atoms with van der Waals surface area (Å²) >= 11 is 9.70. The maximum absolute atomic E-state index is 13.3. The van der Waals surface area contributed by atoms with Crippen molar-refractivity contribution in [3.05, 3.63) is 92.4 Å². The normalized spacial score (nSPS) is 19.3. The molecule has 0 bridgehead atoms. The number of carbonyl (C=O) groups is 1. The zero-order chi connectivity index (χ0) is 21.4. The second-order valence-corrected chi connectivity index (χ2v) is 8.70. The highest BCUT2D eigenvalue weighted by Crippen LogP contribution is 2.48. The average Bonchev–Trinajstić information content (AvgIpc) is 3.58. The highest BCUT2D eigenvalue weighted by Gasteiger charge is 2.49. The van der Waals surface area contributed by atoms with E-state index in [1.54, 1.807) is 18.2 Å². The van der Waals surface area contributed by atoms with Gasteiger partial charge in [0.25, 0.3) is 0 Å². The van der Waals surface area contributed by atoms with Crippen LogP contribution in [0.25, 0.3) is 0 Å². The molecule has 0 unspecified atom stereocenters. The second-order valence-electron chi connectivity index (χ2n) is 7.35. The molecule has 5 nitrogen and oxygen atoms in total. The predicted octanol–water partition coefficient (Wildman–Crippen LogP) is 5.87. The first kappa shape index (κ1) is 20.5. The molecule has 2 atom stereocenters. The predicted molar refractivity (Wildman–Crippen MR) is 119 cm³/mol. The molecule has 0 radical (unpaired) electrons. The molecule has 0 N–H and O–H groups in total. The first-order valence-corrected chi connectivity index (χ1v) is 11.0. The maximum Gasteiger partial charge on any atom is 0.198 e. The molecular formula is C24H18BrClO5. The summed E-state index contributed by atoms with van der Waals surface area (Å²) in [5, 5.41) is 0.466. The molecule has 2 heterocycles. The molecule has 0 amide bonds. The minimum Gasteiger partial charge on any atom is -0.488 e. The smallest absolute Gasteiger partial charge is 0.198 e. The van der Waals surface area contributed by atoms with Crippen molar-refractivity contribution in [2.45, 2.75) is 25.4 Å². The largest absolute Gasteiger partial charge is 0.488 e. The first-order chi connectivity index (χ1) is 15.1. The van der Waals surface area contributed by atoms with Gasteiger partial charge in [0.2, 0.25) is 0 Å². The van der Waals surface area contributed by atoms with E-state index in [-0.39, 0.29) is 12.6 Å². The molecule has 5 rings (SSSR count). The van der Waals surface area contributed by atoms with Crippen LogP contribution in [0, 0.1) is 0 Å². The number of fused-ring (bicyclic) bond motifs is 1. The number of ether oxygens (including phenoxy) is 4. The van der Waals surface area contributed by atoms with Gasteiger partial charge in [-0.15, -0.1) is 0 Å². The van der Waals surface area contributed by atoms with Crippen LogP contribution in [-0.2, 0) is 22.7 Å². The fraction of sp³-hybridized carbons (Fsp3) is 0.208. The van der Waals surface area contributed by atoms with E-state index in [9.17, 15) is 4.79 Å². The quantitative estimate of drug-likeness (QED) is 0.312. The van der Waals surface area contributed by atoms with Crippen molar-refractivity contribution in [3.8, 4) is 11.5 Å². The van der Waals surface area contributed by atoms with E-state index in [1.165, 1.54) is 0 Å². The van der Waals surface area contributed by atoms with Crippen LogP contribution in [0.3, 0.4) is 0 Å². The Hall–Kier alpha value is -2.38. The lowest BCUT2D eigenvalue weighted by atomic mass is 9.99. The summed E-state index contributed by atoms with van der Waals surface area (Å²) in [6, 6.07) is 18.7. The van der Waals surface area contributed by atoms with Gasteiger partial charge in [-0.25, -0.2) is 0 Å². The Bertz CT molecular complexity index is 1130. The number of hydrogen-bond acceptors (Lipinski definition) is 5. The summed E-state index contributed by atoms with van der Waals surface area (Å²) in [5.41, 5.74) is 3.17. The molecule has 0 spiro atoms. The molecule has 3 aromatic carbocycles. The Morgan fingerprint density at radius 1 is 1.13 bits per heavy atom. The Balaban J connectivity index is 1.38. The van der Waals surface area contributed by atoms with E-state index >= 15 is 0 Å². The maximum atomic E-state index is 13.3. The first-order valence-electron chi connectivity index (χ1n) is 9.79. The van der Waals surface area contributed by atoms with Crippen LogP contribution in [0.1, 0.15) is 33.2 Å². The van der Waals surface area contributed by atoms with Gasteiger partial charge in [0, 0.05) is 20.6 Å². The van der Waals surface area contributed by atoms with Crippen molar-refractivity contribution in [3.63, 3.8) is 0 Å². The van der Waals surface area contributed by atoms with Gasteiger partial charge in [0.15, 0.2) is 18.7 Å². The number of Topliss-reactive ketones (excluding diaryl/α,β-unsaturated/α-hetero) is 1. The number of hydrogen-bond donors (Lipinski definition) is 0. The van der Waals surface area contributed by atoms with Crippen LogP contribution in [-0.4, -0.2) is 18.7 Å². The van der Waals surface area contributed by atoms with Gasteiger partial charge in [0.1, 0.15) is 24.2 Å². The van der Waals surface area contributed by atoms with E-state index in [4.69, 9.17) is 30.5 Å².